The minimum atomic E-state index is -5.85. The molecule has 1 fully saturated rings. The van der Waals surface area contributed by atoms with E-state index in [0.29, 0.717) is 12.3 Å². The van der Waals surface area contributed by atoms with Crippen LogP contribution in [0.5, 0.6) is 0 Å². The third-order valence-corrected chi connectivity index (χ3v) is 7.35. The highest BCUT2D eigenvalue weighted by Gasteiger charge is 2.60. The number of hydrogen-bond donors (Lipinski definition) is 5. The lowest BCUT2D eigenvalue weighted by Crippen LogP contribution is -2.40. The van der Waals surface area contributed by atoms with Gasteiger partial charge < -0.3 is 29.1 Å². The van der Waals surface area contributed by atoms with Crippen molar-refractivity contribution in [1.82, 2.24) is 9.55 Å². The van der Waals surface area contributed by atoms with Crippen molar-refractivity contribution in [3.05, 3.63) is 33.1 Å². The smallest absolute Gasteiger partial charge is 0.345 e. The predicted octanol–water partition coefficient (Wildman–Crippen LogP) is -0.772. The van der Waals surface area contributed by atoms with Gasteiger partial charge in [0.15, 0.2) is 0 Å². The molecule has 0 spiro atoms. The van der Waals surface area contributed by atoms with Crippen LogP contribution in [0, 0.1) is 5.92 Å². The zero-order valence-corrected chi connectivity index (χ0v) is 17.3. The summed E-state index contributed by atoms with van der Waals surface area (Å²) in [6.07, 6.45) is -4.13. The zero-order valence-electron chi connectivity index (χ0n) is 14.6. The normalized spacial score (nSPS) is 27.4. The zero-order chi connectivity index (χ0) is 23.8. The minimum absolute atomic E-state index is 0.239. The Morgan fingerprint density at radius 3 is 2.29 bits per heavy atom. The van der Waals surface area contributed by atoms with Crippen LogP contribution in [0.1, 0.15) is 6.23 Å². The molecule has 5 N–H and O–H groups in total. The van der Waals surface area contributed by atoms with Crippen molar-refractivity contribution in [3.8, 4) is 0 Å². The Bertz CT molecular complexity index is 1100. The van der Waals surface area contributed by atoms with Gasteiger partial charge in [-0.25, -0.2) is 27.3 Å². The Balaban J connectivity index is 2.19. The number of aromatic amines is 1. The molecule has 1 aliphatic rings. The fraction of sp³-hybridized carbons (Fsp3) is 0.500. The van der Waals surface area contributed by atoms with Gasteiger partial charge in [0.05, 0.1) is 12.7 Å². The topological polar surface area (TPSA) is 241 Å². The summed E-state index contributed by atoms with van der Waals surface area (Å²) in [6, 6.07) is 0.705. The van der Waals surface area contributed by atoms with Crippen LogP contribution >= 0.6 is 23.5 Å². The Kier molecular flexibility index (Phi) is 7.37. The number of hydrogen-bond acceptors (Lipinski definition) is 10. The molecule has 176 valence electrons. The van der Waals surface area contributed by atoms with E-state index >= 15 is 0 Å². The molecule has 5 atom stereocenters. The minimum Gasteiger partial charge on any atom is -0.345 e. The van der Waals surface area contributed by atoms with Gasteiger partial charge in [0.1, 0.15) is 12.2 Å². The number of nitrogens with one attached hydrogen (secondary N) is 1. The number of phosphoric ester groups is 1. The van der Waals surface area contributed by atoms with Crippen LogP contribution < -0.4 is 11.2 Å². The molecule has 0 radical (unpaired) electrons. The fourth-order valence-corrected chi connectivity index (χ4v) is 5.44. The van der Waals surface area contributed by atoms with E-state index in [2.05, 4.69) is 13.1 Å². The van der Waals surface area contributed by atoms with Crippen LogP contribution in [0.3, 0.4) is 0 Å². The maximum atomic E-state index is 14.5. The summed E-state index contributed by atoms with van der Waals surface area (Å²) in [4.78, 5) is 70.9. The average molecular weight is 516 g/mol. The second-order valence-electron chi connectivity index (χ2n) is 5.77. The van der Waals surface area contributed by atoms with Crippen molar-refractivity contribution in [1.29, 1.82) is 0 Å². The molecule has 0 bridgehead atoms. The van der Waals surface area contributed by atoms with Gasteiger partial charge in [0.25, 0.3) is 5.56 Å². The molecule has 1 aromatic rings. The number of carbonyl (C=O) groups is 1. The van der Waals surface area contributed by atoms with Crippen molar-refractivity contribution in [2.45, 2.75) is 18.3 Å². The van der Waals surface area contributed by atoms with Crippen LogP contribution in [0.4, 0.5) is 8.78 Å². The Morgan fingerprint density at radius 1 is 1.16 bits per heavy atom. The Hall–Kier alpha value is -1.42. The first-order valence-corrected chi connectivity index (χ1v) is 12.1. The summed E-state index contributed by atoms with van der Waals surface area (Å²) >= 11 is 0. The second-order valence-corrected chi connectivity index (χ2v) is 10.2. The summed E-state index contributed by atoms with van der Waals surface area (Å²) in [5, 5.41) is 0. The highest BCUT2D eigenvalue weighted by Crippen LogP contribution is 2.66. The number of carbonyl (C=O) groups excluding carboxylic acids is 1. The molecule has 0 aromatic carbocycles. The van der Waals surface area contributed by atoms with Gasteiger partial charge in [-0.15, -0.1) is 0 Å². The maximum absolute atomic E-state index is 14.5. The lowest BCUT2D eigenvalue weighted by molar-refractivity contribution is -0.136. The first kappa shape index (κ1) is 25.8. The molecular weight excluding hydrogens is 503 g/mol. The van der Waals surface area contributed by atoms with Crippen molar-refractivity contribution in [2.75, 3.05) is 6.61 Å². The molecule has 5 unspecified atom stereocenters. The summed E-state index contributed by atoms with van der Waals surface area (Å²) < 4.78 is 78.8. The molecule has 31 heavy (non-hydrogen) atoms. The Labute approximate surface area is 168 Å². The molecule has 0 amide bonds. The number of halogens is 2. The number of aromatic nitrogens is 2. The summed E-state index contributed by atoms with van der Waals surface area (Å²) in [5.74, 6) is -6.45. The molecule has 2 heterocycles. The van der Waals surface area contributed by atoms with Crippen molar-refractivity contribution >= 4 is 29.8 Å². The van der Waals surface area contributed by atoms with Gasteiger partial charge >= 0.3 is 35.1 Å². The van der Waals surface area contributed by atoms with Crippen LogP contribution in [-0.4, -0.2) is 54.0 Å². The van der Waals surface area contributed by atoms with Crippen LogP contribution in [0.15, 0.2) is 21.9 Å². The molecule has 2 rings (SSSR count). The molecule has 0 saturated carbocycles. The number of ether oxygens (including phenoxy) is 1. The standard InChI is InChI=1S/C10H13F2N2O14P3/c11-10(12)5(3-15)6(26-8(10)14-2-1-7(16)13-9(14)17)4-25-30(21,22)28-31(23,24)27-29(18,19)20/h1-3,5-6,8H,4H2,(H,21,22)(H,23,24)(H,13,16,17)(H2,18,19,20). The number of phosphoric acid groups is 3. The summed E-state index contributed by atoms with van der Waals surface area (Å²) in [5.41, 5.74) is -2.24. The molecule has 1 aliphatic heterocycles. The van der Waals surface area contributed by atoms with Gasteiger partial charge in [-0.2, -0.15) is 8.62 Å². The predicted molar refractivity (Wildman–Crippen MR) is 89.6 cm³/mol. The molecular formula is C10H13F2N2O14P3. The van der Waals surface area contributed by atoms with E-state index in [1.807, 2.05) is 0 Å². The van der Waals surface area contributed by atoms with Crippen LogP contribution in [0.2, 0.25) is 0 Å². The van der Waals surface area contributed by atoms with E-state index in [1.165, 1.54) is 0 Å². The van der Waals surface area contributed by atoms with E-state index < -0.39 is 65.5 Å². The number of nitrogens with zero attached hydrogens (tertiary/aromatic N) is 1. The SMILES string of the molecule is O=CC1C(COP(=O)(O)OP(=O)(O)OP(=O)(O)O)OC(n2ccc(=O)[nH]c2=O)C1(F)F. The molecule has 0 aliphatic carbocycles. The van der Waals surface area contributed by atoms with Crippen molar-refractivity contribution in [2.24, 2.45) is 5.92 Å². The monoisotopic (exact) mass is 516 g/mol. The lowest BCUT2D eigenvalue weighted by atomic mass is 9.99. The lowest BCUT2D eigenvalue weighted by Gasteiger charge is -2.21. The first-order valence-electron chi connectivity index (χ1n) is 7.56. The van der Waals surface area contributed by atoms with Crippen LogP contribution in [-0.2, 0) is 36.4 Å². The summed E-state index contributed by atoms with van der Waals surface area (Å²) in [6.45, 7) is -1.35. The van der Waals surface area contributed by atoms with E-state index in [9.17, 15) is 41.8 Å². The Morgan fingerprint density at radius 2 is 1.77 bits per heavy atom. The van der Waals surface area contributed by atoms with E-state index in [0.717, 1.165) is 0 Å². The van der Waals surface area contributed by atoms with Crippen molar-refractivity contribution < 1.29 is 64.7 Å². The fourth-order valence-electron chi connectivity index (χ4n) is 2.41. The van der Waals surface area contributed by atoms with E-state index in [-0.39, 0.29) is 10.9 Å². The third kappa shape index (κ3) is 6.54. The molecule has 1 aromatic heterocycles. The number of aldehydes is 1. The first-order chi connectivity index (χ1) is 14.0. The van der Waals surface area contributed by atoms with E-state index in [1.54, 1.807) is 4.98 Å². The number of alkyl halides is 2. The number of rotatable bonds is 9. The highest BCUT2D eigenvalue weighted by molar-refractivity contribution is 7.66. The highest BCUT2D eigenvalue weighted by atomic mass is 31.3. The van der Waals surface area contributed by atoms with Gasteiger partial charge in [0.2, 0.25) is 6.23 Å². The summed E-state index contributed by atoms with van der Waals surface area (Å²) in [7, 11) is -17.2. The van der Waals surface area contributed by atoms with Gasteiger partial charge in [-0.3, -0.25) is 18.9 Å². The molecule has 1 saturated heterocycles. The average Bonchev–Trinajstić information content (AvgIpc) is 2.79. The van der Waals surface area contributed by atoms with E-state index in [4.69, 9.17) is 19.4 Å². The maximum Gasteiger partial charge on any atom is 0.490 e. The third-order valence-electron chi connectivity index (χ3n) is 3.55. The largest absolute Gasteiger partial charge is 0.490 e. The van der Waals surface area contributed by atoms with Gasteiger partial charge in [0, 0.05) is 12.3 Å². The van der Waals surface area contributed by atoms with Gasteiger partial charge in [-0.1, -0.05) is 0 Å². The van der Waals surface area contributed by atoms with Crippen LogP contribution in [0.25, 0.3) is 0 Å². The van der Waals surface area contributed by atoms with Crippen molar-refractivity contribution in [3.63, 3.8) is 0 Å². The molecule has 16 nitrogen and oxygen atoms in total. The quantitative estimate of drug-likeness (QED) is 0.200. The molecule has 21 heteroatoms. The number of H-pyrrole nitrogens is 1. The second kappa shape index (κ2) is 8.84. The van der Waals surface area contributed by atoms with Gasteiger partial charge in [-0.05, 0) is 0 Å².